The van der Waals surface area contributed by atoms with Gasteiger partial charge in [-0.1, -0.05) is 40.9 Å². The second-order valence-electron chi connectivity index (χ2n) is 5.33. The summed E-state index contributed by atoms with van der Waals surface area (Å²) >= 11 is 3.45. The zero-order chi connectivity index (χ0) is 13.2. The Morgan fingerprint density at radius 2 is 2.11 bits per heavy atom. The Labute approximate surface area is 121 Å². The average molecular weight is 321 g/mol. The van der Waals surface area contributed by atoms with E-state index in [-0.39, 0.29) is 5.91 Å². The van der Waals surface area contributed by atoms with Crippen LogP contribution in [0.4, 0.5) is 0 Å². The molecule has 0 atom stereocenters. The highest BCUT2D eigenvalue weighted by atomic mass is 79.9. The zero-order valence-electron chi connectivity index (χ0n) is 10.8. The van der Waals surface area contributed by atoms with Crippen LogP contribution in [-0.2, 0) is 11.3 Å². The molecule has 0 saturated heterocycles. The van der Waals surface area contributed by atoms with Gasteiger partial charge in [0, 0.05) is 4.47 Å². The second-order valence-corrected chi connectivity index (χ2v) is 6.25. The number of rotatable bonds is 3. The number of hydrogen-bond donors (Lipinski definition) is 0. The molecule has 1 heterocycles. The molecule has 1 aromatic rings. The quantitative estimate of drug-likeness (QED) is 0.835. The predicted molar refractivity (Wildman–Crippen MR) is 78.7 cm³/mol. The van der Waals surface area contributed by atoms with Gasteiger partial charge < -0.3 is 0 Å². The van der Waals surface area contributed by atoms with Crippen molar-refractivity contribution in [2.45, 2.75) is 38.6 Å². The van der Waals surface area contributed by atoms with E-state index in [4.69, 9.17) is 0 Å². The summed E-state index contributed by atoms with van der Waals surface area (Å²) in [6, 6.07) is 8.04. The lowest BCUT2D eigenvalue weighted by Crippen LogP contribution is -2.20. The van der Waals surface area contributed by atoms with E-state index < -0.39 is 0 Å². The Hall–Kier alpha value is -1.16. The fraction of sp³-hybridized carbons (Fsp3) is 0.467. The first-order chi connectivity index (χ1) is 9.22. The van der Waals surface area contributed by atoms with E-state index in [1.165, 1.54) is 25.7 Å². The topological polar surface area (TPSA) is 32.7 Å². The molecule has 2 aliphatic rings. The molecule has 1 aliphatic carbocycles. The van der Waals surface area contributed by atoms with E-state index in [1.807, 2.05) is 24.3 Å². The number of benzene rings is 1. The summed E-state index contributed by atoms with van der Waals surface area (Å²) in [7, 11) is 0. The molecule has 1 aliphatic heterocycles. The molecule has 0 aromatic heterocycles. The minimum Gasteiger partial charge on any atom is -0.273 e. The molecule has 1 fully saturated rings. The molecule has 0 spiro atoms. The van der Waals surface area contributed by atoms with Crippen molar-refractivity contribution in [1.82, 2.24) is 5.01 Å². The Balaban J connectivity index is 1.72. The van der Waals surface area contributed by atoms with Gasteiger partial charge in [0.25, 0.3) is 0 Å². The van der Waals surface area contributed by atoms with Crippen LogP contribution in [0.2, 0.25) is 0 Å². The number of hydrogen-bond acceptors (Lipinski definition) is 2. The lowest BCUT2D eigenvalue weighted by atomic mass is 10.00. The van der Waals surface area contributed by atoms with Crippen molar-refractivity contribution in [1.29, 1.82) is 0 Å². The molecular formula is C15H17BrN2O. The molecule has 1 amide bonds. The van der Waals surface area contributed by atoms with Gasteiger partial charge in [-0.15, -0.1) is 0 Å². The van der Waals surface area contributed by atoms with Gasteiger partial charge in [0.05, 0.1) is 18.7 Å². The Morgan fingerprint density at radius 1 is 1.32 bits per heavy atom. The van der Waals surface area contributed by atoms with E-state index in [9.17, 15) is 4.79 Å². The Kier molecular flexibility index (Phi) is 3.69. The van der Waals surface area contributed by atoms with Gasteiger partial charge in [-0.25, -0.2) is 5.01 Å². The zero-order valence-corrected chi connectivity index (χ0v) is 12.4. The van der Waals surface area contributed by atoms with Crippen molar-refractivity contribution in [2.75, 3.05) is 0 Å². The van der Waals surface area contributed by atoms with Crippen LogP contribution in [0.15, 0.2) is 33.8 Å². The summed E-state index contributed by atoms with van der Waals surface area (Å²) in [4.78, 5) is 12.0. The molecule has 0 radical (unpaired) electrons. The molecule has 4 heteroatoms. The van der Waals surface area contributed by atoms with E-state index >= 15 is 0 Å². The molecule has 3 rings (SSSR count). The van der Waals surface area contributed by atoms with Gasteiger partial charge >= 0.3 is 0 Å². The summed E-state index contributed by atoms with van der Waals surface area (Å²) in [5, 5.41) is 6.20. The van der Waals surface area contributed by atoms with Crippen molar-refractivity contribution >= 4 is 27.5 Å². The summed E-state index contributed by atoms with van der Waals surface area (Å²) in [6.45, 7) is 0.578. The van der Waals surface area contributed by atoms with Crippen LogP contribution in [0.5, 0.6) is 0 Å². The molecule has 3 nitrogen and oxygen atoms in total. The lowest BCUT2D eigenvalue weighted by molar-refractivity contribution is -0.129. The number of carbonyl (C=O) groups is 1. The normalized spacial score (nSPS) is 20.2. The predicted octanol–water partition coefficient (Wildman–Crippen LogP) is 3.73. The highest BCUT2D eigenvalue weighted by molar-refractivity contribution is 9.10. The molecule has 0 bridgehead atoms. The number of hydrazone groups is 1. The maximum absolute atomic E-state index is 12.0. The highest BCUT2D eigenvalue weighted by Gasteiger charge is 2.30. The smallest absolute Gasteiger partial charge is 0.248 e. The summed E-state index contributed by atoms with van der Waals surface area (Å²) in [6.07, 6.45) is 5.50. The molecular weight excluding hydrogens is 304 g/mol. The van der Waals surface area contributed by atoms with Crippen molar-refractivity contribution in [3.63, 3.8) is 0 Å². The van der Waals surface area contributed by atoms with Gasteiger partial charge in [-0.2, -0.15) is 5.10 Å². The maximum atomic E-state index is 12.0. The van der Waals surface area contributed by atoms with Crippen LogP contribution in [0, 0.1) is 5.92 Å². The maximum Gasteiger partial charge on any atom is 0.248 e. The first-order valence-corrected chi connectivity index (χ1v) is 7.64. The third kappa shape index (κ3) is 2.89. The first kappa shape index (κ1) is 12.9. The third-order valence-electron chi connectivity index (χ3n) is 3.92. The molecule has 1 saturated carbocycles. The number of carbonyl (C=O) groups excluding carboxylic acids is 1. The standard InChI is InChI=1S/C15H17BrN2O/c16-13-7-3-4-11(8-13)10-18-15(19)9-14(17-18)12-5-1-2-6-12/h3-4,7-8,12H,1-2,5-6,9-10H2. The molecule has 0 N–H and O–H groups in total. The summed E-state index contributed by atoms with van der Waals surface area (Å²) in [5.74, 6) is 0.693. The Morgan fingerprint density at radius 3 is 2.84 bits per heavy atom. The second kappa shape index (κ2) is 5.45. The van der Waals surface area contributed by atoms with Crippen LogP contribution in [0.1, 0.15) is 37.7 Å². The van der Waals surface area contributed by atoms with Crippen molar-refractivity contribution < 1.29 is 4.79 Å². The lowest BCUT2D eigenvalue weighted by Gasteiger charge is -2.12. The van der Waals surface area contributed by atoms with Crippen LogP contribution < -0.4 is 0 Å². The van der Waals surface area contributed by atoms with E-state index in [1.54, 1.807) is 5.01 Å². The van der Waals surface area contributed by atoms with Gasteiger partial charge in [0.15, 0.2) is 0 Å². The fourth-order valence-electron chi connectivity index (χ4n) is 2.91. The monoisotopic (exact) mass is 320 g/mol. The van der Waals surface area contributed by atoms with Crippen LogP contribution >= 0.6 is 15.9 Å². The number of amides is 1. The van der Waals surface area contributed by atoms with Crippen LogP contribution in [0.3, 0.4) is 0 Å². The minimum atomic E-state index is 0.141. The van der Waals surface area contributed by atoms with Crippen molar-refractivity contribution in [3.05, 3.63) is 34.3 Å². The largest absolute Gasteiger partial charge is 0.273 e. The fourth-order valence-corrected chi connectivity index (χ4v) is 3.36. The first-order valence-electron chi connectivity index (χ1n) is 6.84. The number of halogens is 1. The van der Waals surface area contributed by atoms with Gasteiger partial charge in [-0.05, 0) is 36.5 Å². The molecule has 19 heavy (non-hydrogen) atoms. The molecule has 0 unspecified atom stereocenters. The van der Waals surface area contributed by atoms with Gasteiger partial charge in [0.1, 0.15) is 0 Å². The molecule has 1 aromatic carbocycles. The minimum absolute atomic E-state index is 0.141. The molecule has 100 valence electrons. The van der Waals surface area contributed by atoms with Gasteiger partial charge in [0.2, 0.25) is 5.91 Å². The van der Waals surface area contributed by atoms with Crippen molar-refractivity contribution in [2.24, 2.45) is 11.0 Å². The SMILES string of the molecule is O=C1CC(C2CCCC2)=NN1Cc1cccc(Br)c1. The van der Waals surface area contributed by atoms with Gasteiger partial charge in [-0.3, -0.25) is 4.79 Å². The summed E-state index contributed by atoms with van der Waals surface area (Å²) in [5.41, 5.74) is 2.22. The summed E-state index contributed by atoms with van der Waals surface area (Å²) < 4.78 is 1.04. The van der Waals surface area contributed by atoms with E-state index in [0.29, 0.717) is 18.9 Å². The Bertz CT molecular complexity index is 521. The van der Waals surface area contributed by atoms with E-state index in [2.05, 4.69) is 21.0 Å². The third-order valence-corrected chi connectivity index (χ3v) is 4.41. The number of nitrogens with zero attached hydrogens (tertiary/aromatic N) is 2. The van der Waals surface area contributed by atoms with Crippen LogP contribution in [-0.4, -0.2) is 16.6 Å². The van der Waals surface area contributed by atoms with Crippen LogP contribution in [0.25, 0.3) is 0 Å². The average Bonchev–Trinajstić information content (AvgIpc) is 3.00. The van der Waals surface area contributed by atoms with E-state index in [0.717, 1.165) is 15.7 Å². The van der Waals surface area contributed by atoms with Crippen molar-refractivity contribution in [3.8, 4) is 0 Å². The highest BCUT2D eigenvalue weighted by Crippen LogP contribution is 2.30.